The van der Waals surface area contributed by atoms with Crippen LogP contribution in [0.25, 0.3) is 38.9 Å². The first kappa shape index (κ1) is 16.4. The second-order valence-corrected chi connectivity index (χ2v) is 6.52. The predicted molar refractivity (Wildman–Crippen MR) is 105 cm³/mol. The van der Waals surface area contributed by atoms with Gasteiger partial charge in [0.1, 0.15) is 17.2 Å². The molecule has 1 N–H and O–H groups in total. The molecule has 0 aliphatic carbocycles. The molecule has 7 heteroatoms. The van der Waals surface area contributed by atoms with Gasteiger partial charge in [-0.3, -0.25) is 10.1 Å². The Morgan fingerprint density at radius 1 is 1.14 bits per heavy atom. The number of benzene rings is 1. The van der Waals surface area contributed by atoms with Crippen LogP contribution in [0.2, 0.25) is 0 Å². The van der Waals surface area contributed by atoms with E-state index in [1.54, 1.807) is 24.5 Å². The van der Waals surface area contributed by atoms with E-state index in [-0.39, 0.29) is 5.82 Å². The van der Waals surface area contributed by atoms with Gasteiger partial charge < -0.3 is 9.14 Å². The third-order valence-electron chi connectivity index (χ3n) is 4.95. The molecule has 0 radical (unpaired) electrons. The molecule has 0 atom stereocenters. The Kier molecular flexibility index (Phi) is 3.61. The Labute approximate surface area is 159 Å². The second kappa shape index (κ2) is 6.16. The minimum atomic E-state index is -0.368. The van der Waals surface area contributed by atoms with E-state index in [9.17, 15) is 4.39 Å². The zero-order valence-electron chi connectivity index (χ0n) is 15.3. The van der Waals surface area contributed by atoms with E-state index in [1.807, 2.05) is 35.9 Å². The van der Waals surface area contributed by atoms with Crippen LogP contribution in [0.1, 0.15) is 5.69 Å². The van der Waals surface area contributed by atoms with Crippen molar-refractivity contribution in [3.05, 3.63) is 66.6 Å². The molecular formula is C21H16FN5O. The van der Waals surface area contributed by atoms with Crippen LogP contribution in [0, 0.1) is 12.7 Å². The van der Waals surface area contributed by atoms with Crippen LogP contribution in [0.5, 0.6) is 5.75 Å². The summed E-state index contributed by atoms with van der Waals surface area (Å²) in [5, 5.41) is 7.69. The Balaban J connectivity index is 1.81. The first-order valence-corrected chi connectivity index (χ1v) is 8.77. The number of aromatic nitrogens is 5. The molecule has 0 unspecified atom stereocenters. The van der Waals surface area contributed by atoms with Crippen LogP contribution in [0.4, 0.5) is 4.39 Å². The van der Waals surface area contributed by atoms with Gasteiger partial charge in [0.2, 0.25) is 0 Å². The number of rotatable bonds is 3. The lowest BCUT2D eigenvalue weighted by molar-refractivity contribution is 0.413. The third-order valence-corrected chi connectivity index (χ3v) is 4.95. The van der Waals surface area contributed by atoms with Crippen LogP contribution in [0.3, 0.4) is 0 Å². The first-order chi connectivity index (χ1) is 13.7. The number of ether oxygens (including phenoxy) is 1. The molecule has 0 amide bonds. The molecule has 0 fully saturated rings. The van der Waals surface area contributed by atoms with E-state index in [1.165, 1.54) is 13.2 Å². The number of hydrogen-bond donors (Lipinski definition) is 1. The Hall–Kier alpha value is -3.74. The number of imidazole rings is 1. The topological polar surface area (TPSA) is 68.1 Å². The molecule has 0 saturated heterocycles. The number of hydrogen-bond acceptors (Lipinski definition) is 4. The van der Waals surface area contributed by atoms with Gasteiger partial charge in [-0.25, -0.2) is 9.37 Å². The fourth-order valence-electron chi connectivity index (χ4n) is 3.53. The lowest BCUT2D eigenvalue weighted by Gasteiger charge is -2.08. The number of aryl methyl sites for hydroxylation is 1. The first-order valence-electron chi connectivity index (χ1n) is 8.77. The molecule has 5 rings (SSSR count). The van der Waals surface area contributed by atoms with Gasteiger partial charge in [0.15, 0.2) is 0 Å². The van der Waals surface area contributed by atoms with Crippen molar-refractivity contribution in [3.8, 4) is 28.1 Å². The summed E-state index contributed by atoms with van der Waals surface area (Å²) in [6.45, 7) is 1.92. The number of halogens is 1. The highest BCUT2D eigenvalue weighted by atomic mass is 19.1. The number of methoxy groups -OCH3 is 1. The van der Waals surface area contributed by atoms with Gasteiger partial charge in [-0.05, 0) is 31.2 Å². The van der Waals surface area contributed by atoms with Crippen LogP contribution in [0.15, 0.2) is 55.1 Å². The van der Waals surface area contributed by atoms with Crippen LogP contribution < -0.4 is 4.74 Å². The van der Waals surface area contributed by atoms with Gasteiger partial charge >= 0.3 is 0 Å². The molecule has 28 heavy (non-hydrogen) atoms. The summed E-state index contributed by atoms with van der Waals surface area (Å²) in [7, 11) is 1.53. The maximum Gasteiger partial charge on any atom is 0.147 e. The smallest absolute Gasteiger partial charge is 0.147 e. The largest absolute Gasteiger partial charge is 0.496 e. The SMILES string of the molecule is COc1cccc(F)c1-c1nc2c3cc(-c4cn[nH]c4)cnc3ccn2c1C. The van der Waals surface area contributed by atoms with Gasteiger partial charge in [0, 0.05) is 40.8 Å². The highest BCUT2D eigenvalue weighted by Crippen LogP contribution is 2.35. The van der Waals surface area contributed by atoms with Crippen molar-refractivity contribution in [2.75, 3.05) is 7.11 Å². The van der Waals surface area contributed by atoms with Gasteiger partial charge in [0.25, 0.3) is 0 Å². The van der Waals surface area contributed by atoms with Crippen LogP contribution in [-0.2, 0) is 0 Å². The van der Waals surface area contributed by atoms with Gasteiger partial charge in [-0.1, -0.05) is 6.07 Å². The number of fused-ring (bicyclic) bond motifs is 3. The third kappa shape index (κ3) is 2.36. The van der Waals surface area contributed by atoms with Crippen molar-refractivity contribution in [1.29, 1.82) is 0 Å². The summed E-state index contributed by atoms with van der Waals surface area (Å²) >= 11 is 0. The minimum Gasteiger partial charge on any atom is -0.496 e. The molecule has 4 heterocycles. The molecule has 6 nitrogen and oxygen atoms in total. The molecule has 0 aliphatic rings. The van der Waals surface area contributed by atoms with Crippen molar-refractivity contribution < 1.29 is 9.13 Å². The van der Waals surface area contributed by atoms with E-state index >= 15 is 0 Å². The Morgan fingerprint density at radius 2 is 2.04 bits per heavy atom. The molecule has 138 valence electrons. The number of nitrogens with one attached hydrogen (secondary N) is 1. The monoisotopic (exact) mass is 373 g/mol. The standard InChI is InChI=1S/C21H16FN5O/c1-12-20(19-16(22)4-3-5-18(19)28-2)26-21-15-8-13(14-10-24-25-11-14)9-23-17(15)6-7-27(12)21/h3-11H,1-2H3,(H,24,25). The summed E-state index contributed by atoms with van der Waals surface area (Å²) in [6, 6.07) is 8.73. The summed E-state index contributed by atoms with van der Waals surface area (Å²) in [4.78, 5) is 9.34. The van der Waals surface area contributed by atoms with Crippen molar-refractivity contribution in [3.63, 3.8) is 0 Å². The summed E-state index contributed by atoms with van der Waals surface area (Å²) in [5.41, 5.74) is 5.14. The lowest BCUT2D eigenvalue weighted by Crippen LogP contribution is -1.94. The predicted octanol–water partition coefficient (Wildman–Crippen LogP) is 4.40. The maximum atomic E-state index is 14.6. The van der Waals surface area contributed by atoms with Crippen LogP contribution in [-0.4, -0.2) is 31.7 Å². The minimum absolute atomic E-state index is 0.360. The van der Waals surface area contributed by atoms with Gasteiger partial charge in [-0.15, -0.1) is 0 Å². The number of H-pyrrole nitrogens is 1. The Bertz CT molecular complexity index is 1320. The number of nitrogens with zero attached hydrogens (tertiary/aromatic N) is 4. The lowest BCUT2D eigenvalue weighted by atomic mass is 10.1. The molecule has 5 aromatic rings. The number of aromatic amines is 1. The zero-order chi connectivity index (χ0) is 19.3. The molecule has 4 aromatic heterocycles. The highest BCUT2D eigenvalue weighted by molar-refractivity contribution is 5.95. The summed E-state index contributed by atoms with van der Waals surface area (Å²) in [5.74, 6) is 0.0837. The summed E-state index contributed by atoms with van der Waals surface area (Å²) < 4.78 is 22.0. The van der Waals surface area contributed by atoms with Crippen molar-refractivity contribution >= 4 is 16.6 Å². The molecule has 0 aliphatic heterocycles. The van der Waals surface area contributed by atoms with Gasteiger partial charge in [0.05, 0.1) is 30.1 Å². The fourth-order valence-corrected chi connectivity index (χ4v) is 3.53. The maximum absolute atomic E-state index is 14.6. The zero-order valence-corrected chi connectivity index (χ0v) is 15.3. The molecular weight excluding hydrogens is 357 g/mol. The normalized spacial score (nSPS) is 11.4. The van der Waals surface area contributed by atoms with Crippen molar-refractivity contribution in [2.45, 2.75) is 6.92 Å². The highest BCUT2D eigenvalue weighted by Gasteiger charge is 2.20. The molecule has 0 saturated carbocycles. The molecule has 1 aromatic carbocycles. The molecule has 0 spiro atoms. The van der Waals surface area contributed by atoms with E-state index in [0.717, 1.165) is 27.7 Å². The second-order valence-electron chi connectivity index (χ2n) is 6.52. The van der Waals surface area contributed by atoms with E-state index in [0.29, 0.717) is 22.7 Å². The van der Waals surface area contributed by atoms with Gasteiger partial charge in [-0.2, -0.15) is 5.10 Å². The number of pyridine rings is 2. The van der Waals surface area contributed by atoms with Crippen molar-refractivity contribution in [2.24, 2.45) is 0 Å². The average Bonchev–Trinajstić information content (AvgIpc) is 3.36. The summed E-state index contributed by atoms with van der Waals surface area (Å²) in [6.07, 6.45) is 7.27. The Morgan fingerprint density at radius 3 is 2.82 bits per heavy atom. The van der Waals surface area contributed by atoms with Crippen LogP contribution >= 0.6 is 0 Å². The van der Waals surface area contributed by atoms with Crippen molar-refractivity contribution in [1.82, 2.24) is 24.6 Å². The van der Waals surface area contributed by atoms with E-state index in [4.69, 9.17) is 9.72 Å². The van der Waals surface area contributed by atoms with E-state index in [2.05, 4.69) is 15.2 Å². The quantitative estimate of drug-likeness (QED) is 0.509. The molecule has 0 bridgehead atoms. The average molecular weight is 373 g/mol. The fraction of sp³-hybridized carbons (Fsp3) is 0.0952. The van der Waals surface area contributed by atoms with E-state index < -0.39 is 0 Å².